The first-order chi connectivity index (χ1) is 10.7. The van der Waals surface area contributed by atoms with Crippen molar-refractivity contribution in [3.63, 3.8) is 0 Å². The first-order valence-electron chi connectivity index (χ1n) is 6.59. The van der Waals surface area contributed by atoms with Crippen molar-refractivity contribution in [2.75, 3.05) is 6.61 Å². The van der Waals surface area contributed by atoms with Crippen molar-refractivity contribution in [2.45, 2.75) is 6.61 Å². The van der Waals surface area contributed by atoms with E-state index in [1.807, 2.05) is 24.3 Å². The molecule has 0 radical (unpaired) electrons. The lowest BCUT2D eigenvalue weighted by molar-refractivity contribution is -0.147. The average Bonchev–Trinajstić information content (AvgIpc) is 2.94. The van der Waals surface area contributed by atoms with E-state index in [1.54, 1.807) is 24.3 Å². The number of carbonyl (C=O) groups is 1. The zero-order valence-electron chi connectivity index (χ0n) is 11.5. The molecule has 6 heteroatoms. The minimum atomic E-state index is -0.445. The van der Waals surface area contributed by atoms with Gasteiger partial charge < -0.3 is 9.47 Å². The molecule has 0 saturated heterocycles. The van der Waals surface area contributed by atoms with Crippen LogP contribution in [0, 0.1) is 0 Å². The molecule has 0 saturated carbocycles. The lowest BCUT2D eigenvalue weighted by atomic mass is 10.3. The highest BCUT2D eigenvalue weighted by Crippen LogP contribution is 2.22. The van der Waals surface area contributed by atoms with Crippen LogP contribution in [0.5, 0.6) is 5.75 Å². The Labute approximate surface area is 136 Å². The minimum Gasteiger partial charge on any atom is -0.482 e. The van der Waals surface area contributed by atoms with Gasteiger partial charge in [0.2, 0.25) is 0 Å². The Bertz CT molecular complexity index is 770. The third-order valence-corrected chi connectivity index (χ3v) is 4.09. The highest BCUT2D eigenvalue weighted by molar-refractivity contribution is 7.18. The lowest BCUT2D eigenvalue weighted by Crippen LogP contribution is -2.14. The number of carbonyl (C=O) groups excluding carboxylic acids is 1. The Morgan fingerprint density at radius 3 is 2.86 bits per heavy atom. The Balaban J connectivity index is 1.51. The van der Waals surface area contributed by atoms with E-state index in [2.05, 4.69) is 4.98 Å². The molecule has 3 aromatic rings. The molecule has 0 N–H and O–H groups in total. The van der Waals surface area contributed by atoms with Crippen molar-refractivity contribution < 1.29 is 14.3 Å². The van der Waals surface area contributed by atoms with E-state index >= 15 is 0 Å². The molecule has 1 aromatic heterocycles. The van der Waals surface area contributed by atoms with Gasteiger partial charge in [0.1, 0.15) is 17.4 Å². The van der Waals surface area contributed by atoms with Gasteiger partial charge in [-0.05, 0) is 30.3 Å². The second-order valence-electron chi connectivity index (χ2n) is 4.48. The first-order valence-corrected chi connectivity index (χ1v) is 7.78. The van der Waals surface area contributed by atoms with E-state index in [9.17, 15) is 4.79 Å². The van der Waals surface area contributed by atoms with Crippen molar-refractivity contribution in [1.29, 1.82) is 0 Å². The summed E-state index contributed by atoms with van der Waals surface area (Å²) in [6.07, 6.45) is 0. The van der Waals surface area contributed by atoms with Crippen LogP contribution in [0.4, 0.5) is 0 Å². The number of nitrogens with zero attached hydrogens (tertiary/aromatic N) is 1. The van der Waals surface area contributed by atoms with Crippen molar-refractivity contribution in [1.82, 2.24) is 4.98 Å². The van der Waals surface area contributed by atoms with Gasteiger partial charge in [-0.2, -0.15) is 0 Å². The van der Waals surface area contributed by atoms with Crippen LogP contribution in [0.15, 0.2) is 48.5 Å². The highest BCUT2D eigenvalue weighted by atomic mass is 35.5. The Morgan fingerprint density at radius 1 is 1.18 bits per heavy atom. The maximum atomic E-state index is 11.7. The van der Waals surface area contributed by atoms with Crippen LogP contribution in [0.2, 0.25) is 5.02 Å². The molecular weight excluding hydrogens is 322 g/mol. The van der Waals surface area contributed by atoms with E-state index in [-0.39, 0.29) is 13.2 Å². The SMILES string of the molecule is O=C(COc1cccc(Cl)c1)OCc1nc2ccccc2s1. The first kappa shape index (κ1) is 14.8. The number of rotatable bonds is 5. The molecule has 1 heterocycles. The van der Waals surface area contributed by atoms with Gasteiger partial charge in [0.15, 0.2) is 6.61 Å². The van der Waals surface area contributed by atoms with Gasteiger partial charge in [-0.3, -0.25) is 0 Å². The summed E-state index contributed by atoms with van der Waals surface area (Å²) in [6.45, 7) is -0.0116. The molecule has 0 atom stereocenters. The van der Waals surface area contributed by atoms with Crippen LogP contribution < -0.4 is 4.74 Å². The maximum absolute atomic E-state index is 11.7. The standard InChI is InChI=1S/C16H12ClNO3S/c17-11-4-3-5-12(8-11)20-10-16(19)21-9-15-18-13-6-1-2-7-14(13)22-15/h1-8H,9-10H2. The third-order valence-electron chi connectivity index (χ3n) is 2.85. The number of esters is 1. The number of halogens is 1. The minimum absolute atomic E-state index is 0.150. The monoisotopic (exact) mass is 333 g/mol. The van der Waals surface area contributed by atoms with Crippen LogP contribution in [0.3, 0.4) is 0 Å². The molecule has 0 fully saturated rings. The number of hydrogen-bond donors (Lipinski definition) is 0. The van der Waals surface area contributed by atoms with Gasteiger partial charge in [0.25, 0.3) is 0 Å². The normalized spacial score (nSPS) is 10.6. The van der Waals surface area contributed by atoms with Gasteiger partial charge in [-0.25, -0.2) is 9.78 Å². The number of para-hydroxylation sites is 1. The molecule has 0 aliphatic heterocycles. The second kappa shape index (κ2) is 6.77. The molecule has 3 rings (SSSR count). The molecule has 4 nitrogen and oxygen atoms in total. The van der Waals surface area contributed by atoms with Gasteiger partial charge in [0.05, 0.1) is 10.2 Å². The summed E-state index contributed by atoms with van der Waals surface area (Å²) in [4.78, 5) is 16.1. The Kier molecular flexibility index (Phi) is 4.56. The van der Waals surface area contributed by atoms with E-state index in [4.69, 9.17) is 21.1 Å². The smallest absolute Gasteiger partial charge is 0.344 e. The molecule has 0 bridgehead atoms. The van der Waals surface area contributed by atoms with Gasteiger partial charge in [-0.15, -0.1) is 11.3 Å². The average molecular weight is 334 g/mol. The Morgan fingerprint density at radius 2 is 2.05 bits per heavy atom. The number of ether oxygens (including phenoxy) is 2. The largest absolute Gasteiger partial charge is 0.482 e. The quantitative estimate of drug-likeness (QED) is 0.660. The van der Waals surface area contributed by atoms with E-state index < -0.39 is 5.97 Å². The third kappa shape index (κ3) is 3.75. The van der Waals surface area contributed by atoms with Crippen molar-refractivity contribution in [3.05, 3.63) is 58.6 Å². The molecular formula is C16H12ClNO3S. The second-order valence-corrected chi connectivity index (χ2v) is 6.03. The molecule has 22 heavy (non-hydrogen) atoms. The van der Waals surface area contributed by atoms with Crippen LogP contribution in [-0.2, 0) is 16.1 Å². The van der Waals surface area contributed by atoms with Crippen LogP contribution in [0.1, 0.15) is 5.01 Å². The summed E-state index contributed by atoms with van der Waals surface area (Å²) in [5, 5.41) is 1.32. The predicted octanol–water partition coefficient (Wildman–Crippen LogP) is 4.07. The summed E-state index contributed by atoms with van der Waals surface area (Å²) in [5.41, 5.74) is 0.911. The summed E-state index contributed by atoms with van der Waals surface area (Å²) < 4.78 is 11.6. The molecule has 112 valence electrons. The summed E-state index contributed by atoms with van der Waals surface area (Å²) >= 11 is 7.35. The fourth-order valence-corrected chi connectivity index (χ4v) is 2.93. The van der Waals surface area contributed by atoms with Gasteiger partial charge in [-0.1, -0.05) is 29.8 Å². The fraction of sp³-hybridized carbons (Fsp3) is 0.125. The molecule has 0 spiro atoms. The fourth-order valence-electron chi connectivity index (χ4n) is 1.86. The molecule has 0 aliphatic rings. The zero-order valence-corrected chi connectivity index (χ0v) is 13.1. The van der Waals surface area contributed by atoms with E-state index in [0.717, 1.165) is 15.2 Å². The predicted molar refractivity (Wildman–Crippen MR) is 86.4 cm³/mol. The number of hydrogen-bond acceptors (Lipinski definition) is 5. The van der Waals surface area contributed by atoms with Crippen LogP contribution in [-0.4, -0.2) is 17.6 Å². The highest BCUT2D eigenvalue weighted by Gasteiger charge is 2.08. The number of benzene rings is 2. The number of aromatic nitrogens is 1. The topological polar surface area (TPSA) is 48.4 Å². The zero-order chi connectivity index (χ0) is 15.4. The summed E-state index contributed by atoms with van der Waals surface area (Å²) in [5.74, 6) is 0.0867. The molecule has 0 amide bonds. The van der Waals surface area contributed by atoms with Crippen molar-refractivity contribution in [2.24, 2.45) is 0 Å². The summed E-state index contributed by atoms with van der Waals surface area (Å²) in [7, 11) is 0. The number of fused-ring (bicyclic) bond motifs is 1. The lowest BCUT2D eigenvalue weighted by Gasteiger charge is -2.06. The van der Waals surface area contributed by atoms with Gasteiger partial charge >= 0.3 is 5.97 Å². The van der Waals surface area contributed by atoms with Crippen molar-refractivity contribution >= 4 is 39.1 Å². The Hall–Kier alpha value is -2.11. The van der Waals surface area contributed by atoms with Gasteiger partial charge in [0, 0.05) is 5.02 Å². The van der Waals surface area contributed by atoms with Crippen LogP contribution in [0.25, 0.3) is 10.2 Å². The summed E-state index contributed by atoms with van der Waals surface area (Å²) in [6, 6.07) is 14.7. The maximum Gasteiger partial charge on any atom is 0.344 e. The van der Waals surface area contributed by atoms with E-state index in [0.29, 0.717) is 10.8 Å². The molecule has 0 aliphatic carbocycles. The molecule has 2 aromatic carbocycles. The molecule has 0 unspecified atom stereocenters. The van der Waals surface area contributed by atoms with Crippen LogP contribution >= 0.6 is 22.9 Å². The van der Waals surface area contributed by atoms with E-state index in [1.165, 1.54) is 11.3 Å². The number of thiazole rings is 1. The van der Waals surface area contributed by atoms with Crippen molar-refractivity contribution in [3.8, 4) is 5.75 Å².